The molecule has 1 aliphatic rings. The van der Waals surface area contributed by atoms with Crippen molar-refractivity contribution < 1.29 is 19.0 Å². The number of hydrogen-bond acceptors (Lipinski definition) is 4. The van der Waals surface area contributed by atoms with Crippen molar-refractivity contribution in [3.63, 3.8) is 0 Å². The number of halogens is 1. The molecule has 0 saturated heterocycles. The maximum absolute atomic E-state index is 11.9. The van der Waals surface area contributed by atoms with Crippen molar-refractivity contribution in [1.29, 1.82) is 0 Å². The van der Waals surface area contributed by atoms with Crippen LogP contribution in [0.4, 0.5) is 0 Å². The maximum atomic E-state index is 11.9. The van der Waals surface area contributed by atoms with Crippen molar-refractivity contribution >= 4 is 21.8 Å². The van der Waals surface area contributed by atoms with Gasteiger partial charge in [-0.2, -0.15) is 0 Å². The molecular formula is C19H20BrNO4. The highest BCUT2D eigenvalue weighted by Gasteiger charge is 2.20. The van der Waals surface area contributed by atoms with E-state index >= 15 is 0 Å². The molecular weight excluding hydrogens is 386 g/mol. The summed E-state index contributed by atoms with van der Waals surface area (Å²) in [5.74, 6) is 2.24. The van der Waals surface area contributed by atoms with Crippen LogP contribution in [0.1, 0.15) is 12.8 Å². The van der Waals surface area contributed by atoms with E-state index in [9.17, 15) is 4.79 Å². The molecule has 2 aromatic carbocycles. The summed E-state index contributed by atoms with van der Waals surface area (Å²) in [7, 11) is 0. The van der Waals surface area contributed by atoms with E-state index in [1.54, 1.807) is 0 Å². The van der Waals surface area contributed by atoms with E-state index in [1.165, 1.54) is 0 Å². The second-order valence-corrected chi connectivity index (χ2v) is 6.63. The number of para-hydroxylation sites is 2. The van der Waals surface area contributed by atoms with Crippen LogP contribution in [-0.2, 0) is 4.79 Å². The van der Waals surface area contributed by atoms with E-state index in [0.717, 1.165) is 21.7 Å². The highest BCUT2D eigenvalue weighted by atomic mass is 79.9. The Morgan fingerprint density at radius 2 is 2.04 bits per heavy atom. The van der Waals surface area contributed by atoms with Crippen molar-refractivity contribution in [2.45, 2.75) is 18.9 Å². The summed E-state index contributed by atoms with van der Waals surface area (Å²) in [6.45, 7) is 1.36. The molecule has 1 atom stereocenters. The van der Waals surface area contributed by atoms with Crippen LogP contribution >= 0.6 is 15.9 Å². The first-order chi connectivity index (χ1) is 12.2. The fraction of sp³-hybridized carbons (Fsp3) is 0.316. The number of amides is 1. The molecule has 0 radical (unpaired) electrons. The van der Waals surface area contributed by atoms with Gasteiger partial charge in [-0.3, -0.25) is 4.79 Å². The summed E-state index contributed by atoms with van der Waals surface area (Å²) >= 11 is 3.40. The first-order valence-corrected chi connectivity index (χ1v) is 9.03. The van der Waals surface area contributed by atoms with E-state index in [4.69, 9.17) is 14.2 Å². The minimum absolute atomic E-state index is 0.0136. The number of ether oxygens (including phenoxy) is 3. The fourth-order valence-electron chi connectivity index (χ4n) is 2.46. The molecule has 0 spiro atoms. The summed E-state index contributed by atoms with van der Waals surface area (Å²) in [6.07, 6.45) is 0.901. The van der Waals surface area contributed by atoms with Crippen molar-refractivity contribution in [2.75, 3.05) is 19.8 Å². The lowest BCUT2D eigenvalue weighted by atomic mass is 10.2. The number of carbonyl (C=O) groups excluding carboxylic acids is 1. The van der Waals surface area contributed by atoms with Crippen LogP contribution in [0.3, 0.4) is 0 Å². The first-order valence-electron chi connectivity index (χ1n) is 8.24. The molecule has 0 bridgehead atoms. The van der Waals surface area contributed by atoms with Crippen molar-refractivity contribution in [3.05, 3.63) is 53.0 Å². The third-order valence-electron chi connectivity index (χ3n) is 3.71. The second kappa shape index (κ2) is 8.76. The van der Waals surface area contributed by atoms with Crippen molar-refractivity contribution in [3.8, 4) is 17.2 Å². The molecule has 1 unspecified atom stereocenters. The van der Waals surface area contributed by atoms with Gasteiger partial charge in [-0.25, -0.2) is 0 Å². The van der Waals surface area contributed by atoms with Gasteiger partial charge in [0.15, 0.2) is 11.5 Å². The first kappa shape index (κ1) is 17.6. The highest BCUT2D eigenvalue weighted by Crippen LogP contribution is 2.30. The zero-order valence-electron chi connectivity index (χ0n) is 13.7. The van der Waals surface area contributed by atoms with Gasteiger partial charge in [0.25, 0.3) is 0 Å². The molecule has 6 heteroatoms. The predicted molar refractivity (Wildman–Crippen MR) is 98.2 cm³/mol. The molecule has 0 saturated carbocycles. The third kappa shape index (κ3) is 5.39. The number of nitrogens with one attached hydrogen (secondary N) is 1. The smallest absolute Gasteiger partial charge is 0.220 e. The van der Waals surface area contributed by atoms with Gasteiger partial charge >= 0.3 is 0 Å². The van der Waals surface area contributed by atoms with Gasteiger partial charge in [-0.15, -0.1) is 0 Å². The molecule has 1 aliphatic heterocycles. The summed E-state index contributed by atoms with van der Waals surface area (Å²) in [5.41, 5.74) is 0. The molecule has 2 aromatic rings. The van der Waals surface area contributed by atoms with Crippen LogP contribution in [0.15, 0.2) is 53.0 Å². The molecule has 1 N–H and O–H groups in total. The van der Waals surface area contributed by atoms with E-state index in [2.05, 4.69) is 21.2 Å². The molecule has 1 heterocycles. The Kier molecular flexibility index (Phi) is 6.17. The van der Waals surface area contributed by atoms with Gasteiger partial charge < -0.3 is 19.5 Å². The van der Waals surface area contributed by atoms with Gasteiger partial charge in [-0.05, 0) is 36.8 Å². The van der Waals surface area contributed by atoms with Crippen LogP contribution in [0.25, 0.3) is 0 Å². The van der Waals surface area contributed by atoms with Gasteiger partial charge in [-0.1, -0.05) is 34.1 Å². The number of benzene rings is 2. The highest BCUT2D eigenvalue weighted by molar-refractivity contribution is 9.10. The van der Waals surface area contributed by atoms with E-state index in [-0.39, 0.29) is 12.0 Å². The van der Waals surface area contributed by atoms with Crippen LogP contribution in [0, 0.1) is 0 Å². The lowest BCUT2D eigenvalue weighted by molar-refractivity contribution is -0.121. The number of hydrogen-bond donors (Lipinski definition) is 1. The molecule has 0 aliphatic carbocycles. The molecule has 0 fully saturated rings. The zero-order chi connectivity index (χ0) is 17.5. The zero-order valence-corrected chi connectivity index (χ0v) is 15.3. The minimum Gasteiger partial charge on any atom is -0.494 e. The summed E-state index contributed by atoms with van der Waals surface area (Å²) in [5, 5.41) is 2.88. The summed E-state index contributed by atoms with van der Waals surface area (Å²) < 4.78 is 18.0. The second-order valence-electron chi connectivity index (χ2n) is 5.71. The average Bonchev–Trinajstić information content (AvgIpc) is 2.63. The number of carbonyl (C=O) groups is 1. The van der Waals surface area contributed by atoms with Gasteiger partial charge in [0.2, 0.25) is 5.91 Å². The Hall–Kier alpha value is -2.21. The Morgan fingerprint density at radius 1 is 1.20 bits per heavy atom. The Balaban J connectivity index is 1.32. The van der Waals surface area contributed by atoms with E-state index in [1.807, 2.05) is 48.5 Å². The molecule has 3 rings (SSSR count). The van der Waals surface area contributed by atoms with Crippen LogP contribution in [0.2, 0.25) is 0 Å². The standard InChI is InChI=1S/C19H20BrNO4/c20-14-5-3-6-15(11-14)23-10-4-9-19(22)21-12-16-13-24-17-7-1-2-8-18(17)25-16/h1-3,5-8,11,16H,4,9-10,12-13H2,(H,21,22). The van der Waals surface area contributed by atoms with Gasteiger partial charge in [0, 0.05) is 10.9 Å². The maximum Gasteiger partial charge on any atom is 0.220 e. The van der Waals surface area contributed by atoms with E-state index < -0.39 is 0 Å². The van der Waals surface area contributed by atoms with E-state index in [0.29, 0.717) is 32.6 Å². The summed E-state index contributed by atoms with van der Waals surface area (Å²) in [6, 6.07) is 15.2. The quantitative estimate of drug-likeness (QED) is 0.715. The molecule has 0 aromatic heterocycles. The van der Waals surface area contributed by atoms with Crippen LogP contribution < -0.4 is 19.5 Å². The summed E-state index contributed by atoms with van der Waals surface area (Å²) in [4.78, 5) is 11.9. The topological polar surface area (TPSA) is 56.8 Å². The Labute approximate surface area is 155 Å². The molecule has 25 heavy (non-hydrogen) atoms. The largest absolute Gasteiger partial charge is 0.494 e. The lowest BCUT2D eigenvalue weighted by Gasteiger charge is -2.26. The minimum atomic E-state index is -0.170. The van der Waals surface area contributed by atoms with Crippen LogP contribution in [0.5, 0.6) is 17.2 Å². The average molecular weight is 406 g/mol. The molecule has 5 nitrogen and oxygen atoms in total. The SMILES string of the molecule is O=C(CCCOc1cccc(Br)c1)NCC1COc2ccccc2O1. The Bertz CT molecular complexity index is 722. The number of rotatable bonds is 7. The third-order valence-corrected chi connectivity index (χ3v) is 4.20. The fourth-order valence-corrected chi connectivity index (χ4v) is 2.84. The lowest BCUT2D eigenvalue weighted by Crippen LogP contribution is -2.40. The number of fused-ring (bicyclic) bond motifs is 1. The van der Waals surface area contributed by atoms with Gasteiger partial charge in [0.05, 0.1) is 13.2 Å². The monoisotopic (exact) mass is 405 g/mol. The van der Waals surface area contributed by atoms with Gasteiger partial charge in [0.1, 0.15) is 18.5 Å². The molecule has 1 amide bonds. The predicted octanol–water partition coefficient (Wildman–Crippen LogP) is 3.56. The van der Waals surface area contributed by atoms with Crippen molar-refractivity contribution in [1.82, 2.24) is 5.32 Å². The Morgan fingerprint density at radius 3 is 2.88 bits per heavy atom. The van der Waals surface area contributed by atoms with Crippen molar-refractivity contribution in [2.24, 2.45) is 0 Å². The normalized spacial score (nSPS) is 15.5. The molecule has 132 valence electrons. The van der Waals surface area contributed by atoms with Crippen LogP contribution in [-0.4, -0.2) is 31.8 Å².